The maximum Gasteiger partial charge on any atom is 0.303 e. The Hall–Kier alpha value is -0.950. The summed E-state index contributed by atoms with van der Waals surface area (Å²) < 4.78 is 0. The normalized spacial score (nSPS) is 10.9. The van der Waals surface area contributed by atoms with Gasteiger partial charge in [0.1, 0.15) is 0 Å². The van der Waals surface area contributed by atoms with E-state index in [9.17, 15) is 4.79 Å². The minimum absolute atomic E-state index is 0.332. The van der Waals surface area contributed by atoms with Crippen LogP contribution in [-0.4, -0.2) is 50.3 Å². The molecule has 6 heteroatoms. The number of carboxylic acid groups (broad SMARTS) is 1. The predicted octanol–water partition coefficient (Wildman–Crippen LogP) is 4.19. The summed E-state index contributed by atoms with van der Waals surface area (Å²) in [5, 5.41) is 14.8. The first-order chi connectivity index (χ1) is 14.7. The van der Waals surface area contributed by atoms with Gasteiger partial charge in [-0.3, -0.25) is 4.79 Å². The van der Waals surface area contributed by atoms with E-state index >= 15 is 0 Å². The smallest absolute Gasteiger partial charge is 0.303 e. The zero-order valence-corrected chi connectivity index (χ0v) is 19.8. The zero-order valence-electron chi connectivity index (χ0n) is 19.8. The fraction of sp³-hybridized carbons (Fsp3) is 0.875. The van der Waals surface area contributed by atoms with Crippen LogP contribution in [0, 0.1) is 0 Å². The van der Waals surface area contributed by atoms with Crippen LogP contribution >= 0.6 is 0 Å². The van der Waals surface area contributed by atoms with Crippen LogP contribution in [0.5, 0.6) is 0 Å². The number of carboxylic acids is 1. The third-order valence-electron chi connectivity index (χ3n) is 4.77. The highest BCUT2D eigenvalue weighted by molar-refractivity contribution is 5.66. The van der Waals surface area contributed by atoms with E-state index in [-0.39, 0.29) is 0 Å². The van der Waals surface area contributed by atoms with Crippen molar-refractivity contribution in [1.82, 2.24) is 10.6 Å². The number of unbranched alkanes of at least 4 members (excludes halogenated alkanes) is 11. The van der Waals surface area contributed by atoms with Gasteiger partial charge in [0.25, 0.3) is 0 Å². The van der Waals surface area contributed by atoms with E-state index in [1.54, 1.807) is 0 Å². The molecule has 180 valence electrons. The summed E-state index contributed by atoms with van der Waals surface area (Å²) in [6.45, 7) is 7.39. The van der Waals surface area contributed by atoms with Gasteiger partial charge >= 0.3 is 5.97 Å². The molecule has 0 unspecified atom stereocenters. The Morgan fingerprint density at radius 1 is 0.700 bits per heavy atom. The molecule has 0 aliphatic rings. The Kier molecular flexibility index (Phi) is 31.5. The minimum atomic E-state index is -0.664. The fourth-order valence-corrected chi connectivity index (χ4v) is 2.98. The van der Waals surface area contributed by atoms with E-state index in [4.69, 9.17) is 16.6 Å². The van der Waals surface area contributed by atoms with Crippen molar-refractivity contribution in [3.63, 3.8) is 0 Å². The SMILES string of the molecule is CCCCCCCC/C=C\CCCCCCCC(=O)O.NCCNCCNCCN. The van der Waals surface area contributed by atoms with E-state index in [1.807, 2.05) is 0 Å². The Morgan fingerprint density at radius 3 is 1.57 bits per heavy atom. The van der Waals surface area contributed by atoms with Gasteiger partial charge in [-0.25, -0.2) is 0 Å². The van der Waals surface area contributed by atoms with Gasteiger partial charge < -0.3 is 27.2 Å². The summed E-state index contributed by atoms with van der Waals surface area (Å²) >= 11 is 0. The maximum absolute atomic E-state index is 10.3. The monoisotopic (exact) mass is 428 g/mol. The first kappa shape index (κ1) is 31.2. The second-order valence-electron chi connectivity index (χ2n) is 7.81. The number of hydrogen-bond donors (Lipinski definition) is 5. The molecule has 0 aliphatic carbocycles. The number of aliphatic carboxylic acids is 1. The van der Waals surface area contributed by atoms with E-state index < -0.39 is 5.97 Å². The van der Waals surface area contributed by atoms with Crippen molar-refractivity contribution in [2.45, 2.75) is 96.8 Å². The second kappa shape index (κ2) is 30.2. The minimum Gasteiger partial charge on any atom is -0.481 e. The van der Waals surface area contributed by atoms with Crippen LogP contribution in [0.25, 0.3) is 0 Å². The van der Waals surface area contributed by atoms with E-state index in [2.05, 4.69) is 29.7 Å². The van der Waals surface area contributed by atoms with Gasteiger partial charge in [-0.05, 0) is 32.1 Å². The average Bonchev–Trinajstić information content (AvgIpc) is 2.74. The van der Waals surface area contributed by atoms with Crippen molar-refractivity contribution in [1.29, 1.82) is 0 Å². The summed E-state index contributed by atoms with van der Waals surface area (Å²) in [5.41, 5.74) is 10.5. The van der Waals surface area contributed by atoms with Crippen LogP contribution in [-0.2, 0) is 4.79 Å². The molecule has 0 radical (unpaired) electrons. The van der Waals surface area contributed by atoms with Crippen molar-refractivity contribution in [2.75, 3.05) is 39.3 Å². The summed E-state index contributed by atoms with van der Waals surface area (Å²) in [5.74, 6) is -0.664. The van der Waals surface area contributed by atoms with E-state index in [0.29, 0.717) is 19.5 Å². The molecule has 0 heterocycles. The Bertz CT molecular complexity index is 344. The lowest BCUT2D eigenvalue weighted by atomic mass is 10.1. The van der Waals surface area contributed by atoms with E-state index in [1.165, 1.54) is 70.6 Å². The largest absolute Gasteiger partial charge is 0.481 e. The third-order valence-corrected chi connectivity index (χ3v) is 4.77. The quantitative estimate of drug-likeness (QED) is 0.130. The average molecular weight is 429 g/mol. The van der Waals surface area contributed by atoms with Gasteiger partial charge in [-0.15, -0.1) is 0 Å². The molecule has 0 amide bonds. The van der Waals surface area contributed by atoms with Gasteiger partial charge in [0.05, 0.1) is 0 Å². The highest BCUT2D eigenvalue weighted by atomic mass is 16.4. The molecular weight excluding hydrogens is 376 g/mol. The Morgan fingerprint density at radius 2 is 1.13 bits per heavy atom. The molecule has 0 rings (SSSR count). The van der Waals surface area contributed by atoms with Gasteiger partial charge in [0, 0.05) is 45.7 Å². The molecule has 0 aliphatic heterocycles. The van der Waals surface area contributed by atoms with Gasteiger partial charge in [0.2, 0.25) is 0 Å². The Labute approximate surface area is 186 Å². The van der Waals surface area contributed by atoms with Crippen molar-refractivity contribution in [3.8, 4) is 0 Å². The number of allylic oxidation sites excluding steroid dienone is 2. The fourth-order valence-electron chi connectivity index (χ4n) is 2.98. The highest BCUT2D eigenvalue weighted by Gasteiger charge is 1.95. The molecule has 0 bridgehead atoms. The lowest BCUT2D eigenvalue weighted by molar-refractivity contribution is -0.137. The number of carbonyl (C=O) groups is 1. The van der Waals surface area contributed by atoms with Crippen molar-refractivity contribution in [2.24, 2.45) is 11.5 Å². The topological polar surface area (TPSA) is 113 Å². The number of rotatable bonds is 22. The molecule has 0 aromatic rings. The van der Waals surface area contributed by atoms with Gasteiger partial charge in [0.15, 0.2) is 0 Å². The molecule has 0 saturated heterocycles. The summed E-state index contributed by atoms with van der Waals surface area (Å²) in [7, 11) is 0. The molecule has 0 atom stereocenters. The molecule has 0 saturated carbocycles. The predicted molar refractivity (Wildman–Crippen MR) is 131 cm³/mol. The molecular formula is C24H52N4O2. The van der Waals surface area contributed by atoms with Crippen molar-refractivity contribution in [3.05, 3.63) is 12.2 Å². The van der Waals surface area contributed by atoms with Crippen LogP contribution in [0.4, 0.5) is 0 Å². The zero-order chi connectivity index (χ0) is 22.5. The lowest BCUT2D eigenvalue weighted by Gasteiger charge is -2.03. The molecule has 0 spiro atoms. The lowest BCUT2D eigenvalue weighted by Crippen LogP contribution is -2.32. The molecule has 6 nitrogen and oxygen atoms in total. The van der Waals surface area contributed by atoms with Crippen LogP contribution < -0.4 is 22.1 Å². The molecule has 30 heavy (non-hydrogen) atoms. The van der Waals surface area contributed by atoms with Crippen LogP contribution in [0.3, 0.4) is 0 Å². The second-order valence-corrected chi connectivity index (χ2v) is 7.81. The first-order valence-electron chi connectivity index (χ1n) is 12.4. The van der Waals surface area contributed by atoms with Crippen LogP contribution in [0.2, 0.25) is 0 Å². The van der Waals surface area contributed by atoms with Crippen LogP contribution in [0.15, 0.2) is 12.2 Å². The van der Waals surface area contributed by atoms with E-state index in [0.717, 1.165) is 39.0 Å². The van der Waals surface area contributed by atoms with Crippen molar-refractivity contribution >= 4 is 5.97 Å². The number of hydrogen-bond acceptors (Lipinski definition) is 5. The van der Waals surface area contributed by atoms with Crippen LogP contribution in [0.1, 0.15) is 96.8 Å². The molecule has 0 aromatic heterocycles. The summed E-state index contributed by atoms with van der Waals surface area (Å²) in [6.07, 6.45) is 21.2. The number of nitrogens with two attached hydrogens (primary N) is 2. The third kappa shape index (κ3) is 34.5. The molecule has 0 aromatic carbocycles. The summed E-state index contributed by atoms with van der Waals surface area (Å²) in [4.78, 5) is 10.3. The summed E-state index contributed by atoms with van der Waals surface area (Å²) in [6, 6.07) is 0. The van der Waals surface area contributed by atoms with Crippen molar-refractivity contribution < 1.29 is 9.90 Å². The molecule has 0 fully saturated rings. The standard InChI is InChI=1S/C18H34O2.C6H18N4/c1-2-3-4-5-6-7-8-9-10-11-12-13-14-15-16-17-18(19)20;7-1-3-9-5-6-10-4-2-8/h9-10H,2-8,11-17H2,1H3,(H,19,20);9-10H,1-8H2/b10-9-;. The maximum atomic E-state index is 10.3. The van der Waals surface area contributed by atoms with Gasteiger partial charge in [-0.1, -0.05) is 70.4 Å². The number of nitrogens with one attached hydrogen (secondary N) is 2. The highest BCUT2D eigenvalue weighted by Crippen LogP contribution is 2.09. The van der Waals surface area contributed by atoms with Gasteiger partial charge in [-0.2, -0.15) is 0 Å². The Balaban J connectivity index is 0. The molecule has 7 N–H and O–H groups in total. The first-order valence-corrected chi connectivity index (χ1v) is 12.4.